The number of carbonyl (C=O) groups excluding carboxylic acids is 1. The topological polar surface area (TPSA) is 26.3 Å². The predicted octanol–water partition coefficient (Wildman–Crippen LogP) is 5.71. The summed E-state index contributed by atoms with van der Waals surface area (Å²) in [6.45, 7) is 5.17. The van der Waals surface area contributed by atoms with Crippen LogP contribution in [0, 0.1) is 0 Å². The number of rotatable bonds is 10. The van der Waals surface area contributed by atoms with E-state index in [1.807, 2.05) is 30.3 Å². The van der Waals surface area contributed by atoms with Crippen LogP contribution in [-0.2, 0) is 9.53 Å². The summed E-state index contributed by atoms with van der Waals surface area (Å²) in [4.78, 5) is 11.6. The Balaban J connectivity index is 2.11. The molecule has 0 saturated heterocycles. The first-order valence-electron chi connectivity index (χ1n) is 7.88. The summed E-state index contributed by atoms with van der Waals surface area (Å²) in [7, 11) is -1.14. The van der Waals surface area contributed by atoms with Crippen LogP contribution >= 0.6 is 27.5 Å². The zero-order valence-electron chi connectivity index (χ0n) is 13.5. The number of carbonyl (C=O) groups is 1. The maximum absolute atomic E-state index is 11.9. The Labute approximate surface area is 148 Å². The van der Waals surface area contributed by atoms with E-state index in [1.54, 1.807) is 0 Å². The fourth-order valence-electron chi connectivity index (χ4n) is 2.13. The van der Waals surface area contributed by atoms with Crippen LogP contribution in [0.5, 0.6) is 0 Å². The molecule has 22 heavy (non-hydrogen) atoms. The zero-order valence-corrected chi connectivity index (χ0v) is 16.8. The number of ether oxygens (including phenoxy) is 1. The molecule has 0 aromatic heterocycles. The van der Waals surface area contributed by atoms with Crippen molar-refractivity contribution in [3.05, 3.63) is 35.9 Å². The fourth-order valence-corrected chi connectivity index (χ4v) is 4.31. The van der Waals surface area contributed by atoms with Crippen LogP contribution in [0.3, 0.4) is 0 Å². The second-order valence-corrected chi connectivity index (χ2v) is 13.2. The van der Waals surface area contributed by atoms with Gasteiger partial charge in [0.15, 0.2) is 0 Å². The molecule has 0 aliphatic heterocycles. The summed E-state index contributed by atoms with van der Waals surface area (Å²) in [6.07, 6.45) is 4.48. The monoisotopic (exact) mass is 404 g/mol. The first-order valence-corrected chi connectivity index (χ1v) is 12.7. The van der Waals surface area contributed by atoms with Crippen molar-refractivity contribution in [2.24, 2.45) is 0 Å². The van der Waals surface area contributed by atoms with Crippen LogP contribution in [0.2, 0.25) is 19.1 Å². The molecule has 0 aliphatic carbocycles. The average Bonchev–Trinajstić information content (AvgIpc) is 2.53. The third-order valence-electron chi connectivity index (χ3n) is 3.65. The first kappa shape index (κ1) is 19.7. The molecule has 0 heterocycles. The predicted molar refractivity (Wildman–Crippen MR) is 101 cm³/mol. The molecule has 0 radical (unpaired) electrons. The van der Waals surface area contributed by atoms with Crippen molar-refractivity contribution in [2.75, 3.05) is 12.1 Å². The van der Waals surface area contributed by atoms with Gasteiger partial charge in [-0.1, -0.05) is 84.7 Å². The fraction of sp³-hybridized carbons (Fsp3) is 0.588. The van der Waals surface area contributed by atoms with Gasteiger partial charge in [-0.15, -0.1) is 11.6 Å². The maximum atomic E-state index is 11.9. The van der Waals surface area contributed by atoms with Gasteiger partial charge in [-0.2, -0.15) is 0 Å². The van der Waals surface area contributed by atoms with Crippen LogP contribution in [-0.4, -0.2) is 26.2 Å². The summed E-state index contributed by atoms with van der Waals surface area (Å²) in [5.41, 5.74) is 1.78. The van der Waals surface area contributed by atoms with Gasteiger partial charge in [-0.25, -0.2) is 0 Å². The Bertz CT molecular complexity index is 440. The second-order valence-electron chi connectivity index (χ2n) is 6.40. The molecular weight excluding hydrogens is 380 g/mol. The Morgan fingerprint density at radius 3 is 2.45 bits per heavy atom. The summed E-state index contributed by atoms with van der Waals surface area (Å²) < 4.78 is 5.33. The van der Waals surface area contributed by atoms with Crippen molar-refractivity contribution >= 4 is 41.6 Å². The molecule has 1 rings (SSSR count). The van der Waals surface area contributed by atoms with E-state index in [0.717, 1.165) is 23.9 Å². The molecule has 0 bridgehead atoms. The van der Waals surface area contributed by atoms with Gasteiger partial charge in [0, 0.05) is 5.50 Å². The van der Waals surface area contributed by atoms with Gasteiger partial charge in [0.25, 0.3) is 0 Å². The molecule has 1 unspecified atom stereocenters. The molecule has 1 aromatic rings. The number of esters is 1. The van der Waals surface area contributed by atoms with Crippen molar-refractivity contribution in [1.29, 1.82) is 0 Å². The third kappa shape index (κ3) is 7.79. The van der Waals surface area contributed by atoms with E-state index >= 15 is 0 Å². The SMILES string of the molecule is C[Si](C)(CCl)CCCCCCOC(=O)C(Br)c1ccccc1. The van der Waals surface area contributed by atoms with E-state index in [2.05, 4.69) is 29.0 Å². The average molecular weight is 406 g/mol. The van der Waals surface area contributed by atoms with Crippen LogP contribution in [0.1, 0.15) is 36.1 Å². The Morgan fingerprint density at radius 2 is 1.82 bits per heavy atom. The lowest BCUT2D eigenvalue weighted by atomic mass is 10.1. The molecular formula is C17H26BrClO2Si. The van der Waals surface area contributed by atoms with Crippen LogP contribution in [0.25, 0.3) is 0 Å². The highest BCUT2D eigenvalue weighted by Gasteiger charge is 2.19. The number of unbranched alkanes of at least 4 members (excludes halogenated alkanes) is 3. The number of hydrogen-bond donors (Lipinski definition) is 0. The van der Waals surface area contributed by atoms with E-state index in [9.17, 15) is 4.79 Å². The van der Waals surface area contributed by atoms with Crippen molar-refractivity contribution in [2.45, 2.75) is 49.6 Å². The van der Waals surface area contributed by atoms with E-state index in [0.29, 0.717) is 6.61 Å². The largest absolute Gasteiger partial charge is 0.465 e. The number of alkyl halides is 2. The zero-order chi connectivity index (χ0) is 16.4. The van der Waals surface area contributed by atoms with Crippen LogP contribution in [0.4, 0.5) is 0 Å². The molecule has 124 valence electrons. The summed E-state index contributed by atoms with van der Waals surface area (Å²) >= 11 is 9.36. The summed E-state index contributed by atoms with van der Waals surface area (Å²) in [6, 6.07) is 10.9. The summed E-state index contributed by atoms with van der Waals surface area (Å²) in [5.74, 6) is -0.207. The molecule has 0 spiro atoms. The molecule has 1 aromatic carbocycles. The summed E-state index contributed by atoms with van der Waals surface area (Å²) in [5, 5.41) is 0. The highest BCUT2D eigenvalue weighted by molar-refractivity contribution is 9.09. The van der Waals surface area contributed by atoms with Gasteiger partial charge in [-0.05, 0) is 12.0 Å². The second kappa shape index (κ2) is 10.5. The van der Waals surface area contributed by atoms with E-state index in [4.69, 9.17) is 16.3 Å². The highest BCUT2D eigenvalue weighted by atomic mass is 79.9. The quantitative estimate of drug-likeness (QED) is 0.215. The van der Waals surface area contributed by atoms with Crippen molar-refractivity contribution in [1.82, 2.24) is 0 Å². The lowest BCUT2D eigenvalue weighted by Gasteiger charge is -2.18. The van der Waals surface area contributed by atoms with E-state index < -0.39 is 8.07 Å². The molecule has 0 amide bonds. The van der Waals surface area contributed by atoms with E-state index in [-0.39, 0.29) is 10.8 Å². The van der Waals surface area contributed by atoms with Crippen molar-refractivity contribution in [3.8, 4) is 0 Å². The lowest BCUT2D eigenvalue weighted by molar-refractivity contribution is -0.143. The van der Waals surface area contributed by atoms with Gasteiger partial charge in [-0.3, -0.25) is 4.79 Å². The number of hydrogen-bond acceptors (Lipinski definition) is 2. The van der Waals surface area contributed by atoms with Crippen molar-refractivity contribution in [3.63, 3.8) is 0 Å². The smallest absolute Gasteiger partial charge is 0.324 e. The van der Waals surface area contributed by atoms with Gasteiger partial charge in [0.2, 0.25) is 0 Å². The minimum absolute atomic E-state index is 0.207. The molecule has 2 nitrogen and oxygen atoms in total. The minimum atomic E-state index is -1.14. The van der Waals surface area contributed by atoms with Crippen LogP contribution < -0.4 is 0 Å². The van der Waals surface area contributed by atoms with Gasteiger partial charge >= 0.3 is 5.97 Å². The Kier molecular flexibility index (Phi) is 9.37. The highest BCUT2D eigenvalue weighted by Crippen LogP contribution is 2.24. The molecule has 5 heteroatoms. The Hall–Kier alpha value is -0.323. The van der Waals surface area contributed by atoms with Gasteiger partial charge in [0.1, 0.15) is 4.83 Å². The van der Waals surface area contributed by atoms with Crippen LogP contribution in [0.15, 0.2) is 30.3 Å². The van der Waals surface area contributed by atoms with Gasteiger partial charge < -0.3 is 4.74 Å². The number of benzene rings is 1. The lowest BCUT2D eigenvalue weighted by Crippen LogP contribution is -2.27. The first-order chi connectivity index (χ1) is 10.5. The third-order valence-corrected chi connectivity index (χ3v) is 9.16. The molecule has 1 atom stereocenters. The van der Waals surface area contributed by atoms with Gasteiger partial charge in [0.05, 0.1) is 14.7 Å². The maximum Gasteiger partial charge on any atom is 0.324 e. The normalized spacial score (nSPS) is 12.9. The minimum Gasteiger partial charge on any atom is -0.465 e. The number of halogens is 2. The standard InChI is InChI=1S/C17H26BrClO2Si/c1-22(2,14-19)13-9-4-3-8-12-21-17(20)16(18)15-10-6-5-7-11-15/h5-7,10-11,16H,3-4,8-9,12-14H2,1-2H3. The molecule has 0 N–H and O–H groups in total. The van der Waals surface area contributed by atoms with Crippen molar-refractivity contribution < 1.29 is 9.53 Å². The Morgan fingerprint density at radius 1 is 1.18 bits per heavy atom. The molecule has 0 fully saturated rings. The molecule has 0 saturated carbocycles. The van der Waals surface area contributed by atoms with E-state index in [1.165, 1.54) is 18.9 Å². The molecule has 0 aliphatic rings.